The van der Waals surface area contributed by atoms with Gasteiger partial charge in [0.1, 0.15) is 0 Å². The summed E-state index contributed by atoms with van der Waals surface area (Å²) >= 11 is 1.62. The molecule has 0 saturated heterocycles. The van der Waals surface area contributed by atoms with Crippen molar-refractivity contribution in [1.29, 1.82) is 0 Å². The minimum Gasteiger partial charge on any atom is -0.398 e. The number of hydrogen-bond acceptors (Lipinski definition) is 4. The van der Waals surface area contributed by atoms with Crippen molar-refractivity contribution in [2.45, 2.75) is 6.54 Å². The van der Waals surface area contributed by atoms with E-state index in [0.29, 0.717) is 23.5 Å². The Morgan fingerprint density at radius 1 is 1.37 bits per heavy atom. The zero-order valence-electron chi connectivity index (χ0n) is 10.0. The Bertz CT molecular complexity index is 729. The molecule has 3 aromatic heterocycles. The lowest BCUT2D eigenvalue weighted by Gasteiger charge is -2.08. The van der Waals surface area contributed by atoms with E-state index in [1.54, 1.807) is 40.4 Å². The standard InChI is InChI=1S/C13H12N4OS/c14-10-4-6-17(8-9-2-1-7-19-9)13(18)12(10)11-3-5-15-16-11/h1-7H,8,14H2,(H,15,16). The van der Waals surface area contributed by atoms with Crippen LogP contribution in [0.1, 0.15) is 4.88 Å². The minimum absolute atomic E-state index is 0.113. The van der Waals surface area contributed by atoms with Gasteiger partial charge in [0.25, 0.3) is 5.56 Å². The van der Waals surface area contributed by atoms with Crippen LogP contribution < -0.4 is 11.3 Å². The molecule has 0 atom stereocenters. The van der Waals surface area contributed by atoms with Gasteiger partial charge >= 0.3 is 0 Å². The number of hydrogen-bond donors (Lipinski definition) is 2. The Labute approximate surface area is 113 Å². The fourth-order valence-electron chi connectivity index (χ4n) is 1.95. The fourth-order valence-corrected chi connectivity index (χ4v) is 2.65. The number of nitrogens with two attached hydrogens (primary N) is 1. The molecular weight excluding hydrogens is 260 g/mol. The Balaban J connectivity index is 2.09. The van der Waals surface area contributed by atoms with Crippen molar-refractivity contribution < 1.29 is 0 Å². The highest BCUT2D eigenvalue weighted by molar-refractivity contribution is 7.09. The van der Waals surface area contributed by atoms with E-state index >= 15 is 0 Å². The van der Waals surface area contributed by atoms with E-state index in [-0.39, 0.29) is 5.56 Å². The third-order valence-corrected chi connectivity index (χ3v) is 3.73. The van der Waals surface area contributed by atoms with E-state index in [1.807, 2.05) is 17.5 Å². The van der Waals surface area contributed by atoms with Crippen molar-refractivity contribution in [1.82, 2.24) is 14.8 Å². The van der Waals surface area contributed by atoms with E-state index in [2.05, 4.69) is 10.2 Å². The first-order valence-electron chi connectivity index (χ1n) is 5.77. The summed E-state index contributed by atoms with van der Waals surface area (Å²) < 4.78 is 1.65. The predicted molar refractivity (Wildman–Crippen MR) is 76.1 cm³/mol. The SMILES string of the molecule is Nc1ccn(Cc2cccs2)c(=O)c1-c1ccn[nH]1. The second kappa shape index (κ2) is 4.74. The molecular formula is C13H12N4OS. The number of rotatable bonds is 3. The maximum Gasteiger partial charge on any atom is 0.262 e. The highest BCUT2D eigenvalue weighted by atomic mass is 32.1. The molecule has 0 radical (unpaired) electrons. The molecule has 5 nitrogen and oxygen atoms in total. The molecule has 0 saturated carbocycles. The van der Waals surface area contributed by atoms with Crippen LogP contribution >= 0.6 is 11.3 Å². The molecule has 0 bridgehead atoms. The van der Waals surface area contributed by atoms with Gasteiger partial charge in [-0.25, -0.2) is 0 Å². The Kier molecular flexibility index (Phi) is 2.92. The molecule has 96 valence electrons. The first-order chi connectivity index (χ1) is 9.25. The zero-order chi connectivity index (χ0) is 13.2. The molecule has 3 N–H and O–H groups in total. The van der Waals surface area contributed by atoms with Gasteiger partial charge in [-0.05, 0) is 23.6 Å². The second-order valence-electron chi connectivity index (χ2n) is 4.13. The number of aromatic amines is 1. The maximum absolute atomic E-state index is 12.5. The van der Waals surface area contributed by atoms with E-state index in [4.69, 9.17) is 5.73 Å². The summed E-state index contributed by atoms with van der Waals surface area (Å²) in [6, 6.07) is 7.45. The Morgan fingerprint density at radius 3 is 2.95 bits per heavy atom. The van der Waals surface area contributed by atoms with Crippen LogP contribution in [-0.2, 0) is 6.54 Å². The van der Waals surface area contributed by atoms with Crippen LogP contribution in [0.4, 0.5) is 5.69 Å². The molecule has 0 spiro atoms. The molecule has 3 aromatic rings. The molecule has 3 heterocycles. The van der Waals surface area contributed by atoms with Crippen molar-refractivity contribution in [3.63, 3.8) is 0 Å². The van der Waals surface area contributed by atoms with E-state index in [1.165, 1.54) is 0 Å². The van der Waals surface area contributed by atoms with Crippen LogP contribution in [-0.4, -0.2) is 14.8 Å². The van der Waals surface area contributed by atoms with Gasteiger partial charge in [0, 0.05) is 23.0 Å². The van der Waals surface area contributed by atoms with Gasteiger partial charge < -0.3 is 10.3 Å². The van der Waals surface area contributed by atoms with Crippen molar-refractivity contribution in [3.05, 3.63) is 57.3 Å². The van der Waals surface area contributed by atoms with Gasteiger partial charge in [-0.1, -0.05) is 6.07 Å². The summed E-state index contributed by atoms with van der Waals surface area (Å²) in [7, 11) is 0. The minimum atomic E-state index is -0.113. The summed E-state index contributed by atoms with van der Waals surface area (Å²) in [6.45, 7) is 0.553. The number of H-pyrrole nitrogens is 1. The van der Waals surface area contributed by atoms with Crippen molar-refractivity contribution in [2.75, 3.05) is 5.73 Å². The van der Waals surface area contributed by atoms with Gasteiger partial charge in [0.15, 0.2) is 0 Å². The van der Waals surface area contributed by atoms with Crippen molar-refractivity contribution in [2.24, 2.45) is 0 Å². The third kappa shape index (κ3) is 2.17. The number of thiophene rings is 1. The maximum atomic E-state index is 12.5. The molecule has 0 fully saturated rings. The van der Waals surface area contributed by atoms with Crippen LogP contribution in [0.5, 0.6) is 0 Å². The summed E-state index contributed by atoms with van der Waals surface area (Å²) in [6.07, 6.45) is 3.32. The fraction of sp³-hybridized carbons (Fsp3) is 0.0769. The number of nitrogens with one attached hydrogen (secondary N) is 1. The number of aromatic nitrogens is 3. The van der Waals surface area contributed by atoms with E-state index in [9.17, 15) is 4.79 Å². The van der Waals surface area contributed by atoms with E-state index in [0.717, 1.165) is 4.88 Å². The monoisotopic (exact) mass is 272 g/mol. The average molecular weight is 272 g/mol. The lowest BCUT2D eigenvalue weighted by Crippen LogP contribution is -2.22. The largest absolute Gasteiger partial charge is 0.398 e. The molecule has 3 rings (SSSR count). The topological polar surface area (TPSA) is 76.7 Å². The molecule has 0 aliphatic carbocycles. The quantitative estimate of drug-likeness (QED) is 0.765. The lowest BCUT2D eigenvalue weighted by molar-refractivity contribution is 0.772. The van der Waals surface area contributed by atoms with Gasteiger partial charge in [-0.3, -0.25) is 9.89 Å². The van der Waals surface area contributed by atoms with Crippen LogP contribution in [0.3, 0.4) is 0 Å². The summed E-state index contributed by atoms with van der Waals surface area (Å²) in [5.41, 5.74) is 7.35. The number of anilines is 1. The van der Waals surface area contributed by atoms with Crippen molar-refractivity contribution >= 4 is 17.0 Å². The van der Waals surface area contributed by atoms with Crippen LogP contribution in [0.15, 0.2) is 46.8 Å². The molecule has 6 heteroatoms. The molecule has 19 heavy (non-hydrogen) atoms. The normalized spacial score (nSPS) is 10.7. The van der Waals surface area contributed by atoms with Crippen LogP contribution in [0.2, 0.25) is 0 Å². The van der Waals surface area contributed by atoms with Crippen LogP contribution in [0.25, 0.3) is 11.3 Å². The molecule has 0 aliphatic rings. The highest BCUT2D eigenvalue weighted by Crippen LogP contribution is 2.19. The molecule has 0 aliphatic heterocycles. The number of nitrogens with zero attached hydrogens (tertiary/aromatic N) is 2. The third-order valence-electron chi connectivity index (χ3n) is 2.87. The van der Waals surface area contributed by atoms with Crippen molar-refractivity contribution in [3.8, 4) is 11.3 Å². The second-order valence-corrected chi connectivity index (χ2v) is 5.16. The average Bonchev–Trinajstić information content (AvgIpc) is 3.06. The first-order valence-corrected chi connectivity index (χ1v) is 6.65. The summed E-state index contributed by atoms with van der Waals surface area (Å²) in [5.74, 6) is 0. The summed E-state index contributed by atoms with van der Waals surface area (Å²) in [4.78, 5) is 13.6. The van der Waals surface area contributed by atoms with Gasteiger partial charge in [-0.15, -0.1) is 11.3 Å². The van der Waals surface area contributed by atoms with Crippen LogP contribution in [0, 0.1) is 0 Å². The molecule has 0 aromatic carbocycles. The number of nitrogen functional groups attached to an aromatic ring is 1. The Morgan fingerprint density at radius 2 is 2.26 bits per heavy atom. The predicted octanol–water partition coefficient (Wildman–Crippen LogP) is 1.93. The first kappa shape index (κ1) is 11.7. The van der Waals surface area contributed by atoms with Gasteiger partial charge in [0.05, 0.1) is 17.8 Å². The highest BCUT2D eigenvalue weighted by Gasteiger charge is 2.11. The molecule has 0 amide bonds. The van der Waals surface area contributed by atoms with E-state index < -0.39 is 0 Å². The summed E-state index contributed by atoms with van der Waals surface area (Å²) in [5, 5.41) is 8.63. The Hall–Kier alpha value is -2.34. The van der Waals surface area contributed by atoms with Gasteiger partial charge in [-0.2, -0.15) is 5.10 Å². The number of pyridine rings is 1. The molecule has 0 unspecified atom stereocenters. The lowest BCUT2D eigenvalue weighted by atomic mass is 10.1. The van der Waals surface area contributed by atoms with Gasteiger partial charge in [0.2, 0.25) is 0 Å². The smallest absolute Gasteiger partial charge is 0.262 e. The zero-order valence-corrected chi connectivity index (χ0v) is 10.9.